The van der Waals surface area contributed by atoms with E-state index >= 15 is 0 Å². The standard InChI is InChI=1S/C22H23ClN4O3/c1-13-19(20(25-29-13)16-6-2-3-7-17(16)23)22(28)27-10-4-5-14(12-27)11-18-24-21(26-30-18)15-8-9-15/h2-3,6-7,14-15H,4-5,8-12H2,1H3/t14-/m1/s1. The summed E-state index contributed by atoms with van der Waals surface area (Å²) in [6.07, 6.45) is 4.97. The zero-order valence-electron chi connectivity index (χ0n) is 16.8. The molecule has 1 aliphatic heterocycles. The van der Waals surface area contributed by atoms with E-state index in [-0.39, 0.29) is 5.91 Å². The van der Waals surface area contributed by atoms with Crippen LogP contribution >= 0.6 is 11.6 Å². The molecule has 2 fully saturated rings. The molecular weight excluding hydrogens is 404 g/mol. The molecular formula is C22H23ClN4O3. The number of amides is 1. The van der Waals surface area contributed by atoms with Crippen LogP contribution in [0.3, 0.4) is 0 Å². The molecule has 0 spiro atoms. The van der Waals surface area contributed by atoms with Gasteiger partial charge in [0, 0.05) is 31.0 Å². The fourth-order valence-electron chi connectivity index (χ4n) is 4.14. The molecule has 1 saturated heterocycles. The number of carbonyl (C=O) groups is 1. The number of aryl methyl sites for hydroxylation is 1. The van der Waals surface area contributed by atoms with Gasteiger partial charge in [0.15, 0.2) is 5.82 Å². The highest BCUT2D eigenvalue weighted by atomic mass is 35.5. The third-order valence-electron chi connectivity index (χ3n) is 5.90. The van der Waals surface area contributed by atoms with Crippen molar-refractivity contribution in [2.75, 3.05) is 13.1 Å². The average molecular weight is 427 g/mol. The molecule has 0 bridgehead atoms. The Bertz CT molecular complexity index is 1070. The lowest BCUT2D eigenvalue weighted by molar-refractivity contribution is 0.0667. The highest BCUT2D eigenvalue weighted by Gasteiger charge is 2.32. The molecule has 1 aliphatic carbocycles. The normalized spacial score (nSPS) is 19.3. The summed E-state index contributed by atoms with van der Waals surface area (Å²) in [7, 11) is 0. The summed E-state index contributed by atoms with van der Waals surface area (Å²) in [5.41, 5.74) is 1.68. The molecule has 30 heavy (non-hydrogen) atoms. The van der Waals surface area contributed by atoms with E-state index < -0.39 is 0 Å². The molecule has 8 heteroatoms. The summed E-state index contributed by atoms with van der Waals surface area (Å²) in [4.78, 5) is 19.8. The first kappa shape index (κ1) is 19.3. The van der Waals surface area contributed by atoms with E-state index in [9.17, 15) is 4.79 Å². The van der Waals surface area contributed by atoms with Crippen molar-refractivity contribution in [1.29, 1.82) is 0 Å². The maximum atomic E-state index is 13.4. The highest BCUT2D eigenvalue weighted by Crippen LogP contribution is 2.38. The van der Waals surface area contributed by atoms with Crippen molar-refractivity contribution < 1.29 is 13.8 Å². The van der Waals surface area contributed by atoms with Crippen molar-refractivity contribution >= 4 is 17.5 Å². The van der Waals surface area contributed by atoms with Gasteiger partial charge >= 0.3 is 0 Å². The smallest absolute Gasteiger partial charge is 0.259 e. The molecule has 156 valence electrons. The number of piperidine rings is 1. The van der Waals surface area contributed by atoms with E-state index in [1.165, 1.54) is 0 Å². The van der Waals surface area contributed by atoms with Crippen molar-refractivity contribution in [3.05, 3.63) is 52.3 Å². The van der Waals surface area contributed by atoms with Gasteiger partial charge in [-0.05, 0) is 44.6 Å². The van der Waals surface area contributed by atoms with Crippen LogP contribution in [0.5, 0.6) is 0 Å². The Morgan fingerprint density at radius 3 is 2.83 bits per heavy atom. The minimum atomic E-state index is -0.0717. The Hall–Kier alpha value is -2.67. The van der Waals surface area contributed by atoms with Crippen LogP contribution in [-0.2, 0) is 6.42 Å². The van der Waals surface area contributed by atoms with Crippen molar-refractivity contribution in [3.8, 4) is 11.3 Å². The monoisotopic (exact) mass is 426 g/mol. The molecule has 2 aliphatic rings. The van der Waals surface area contributed by atoms with Crippen molar-refractivity contribution in [1.82, 2.24) is 20.2 Å². The molecule has 1 amide bonds. The van der Waals surface area contributed by atoms with E-state index in [1.807, 2.05) is 23.1 Å². The predicted molar refractivity (Wildman–Crippen MR) is 110 cm³/mol. The van der Waals surface area contributed by atoms with Gasteiger partial charge in [-0.3, -0.25) is 4.79 Å². The highest BCUT2D eigenvalue weighted by molar-refractivity contribution is 6.33. The number of hydrogen-bond donors (Lipinski definition) is 0. The third-order valence-corrected chi connectivity index (χ3v) is 6.23. The van der Waals surface area contributed by atoms with Crippen molar-refractivity contribution in [3.63, 3.8) is 0 Å². The number of aromatic nitrogens is 3. The second-order valence-corrected chi connectivity index (χ2v) is 8.63. The summed E-state index contributed by atoms with van der Waals surface area (Å²) in [6.45, 7) is 3.12. The van der Waals surface area contributed by atoms with Gasteiger partial charge in [0.1, 0.15) is 17.0 Å². The lowest BCUT2D eigenvalue weighted by Crippen LogP contribution is -2.40. The Balaban J connectivity index is 1.33. The zero-order valence-corrected chi connectivity index (χ0v) is 17.6. The number of halogens is 1. The summed E-state index contributed by atoms with van der Waals surface area (Å²) in [5.74, 6) is 2.71. The maximum absolute atomic E-state index is 13.4. The molecule has 1 aromatic carbocycles. The molecule has 2 aromatic heterocycles. The molecule has 1 atom stereocenters. The van der Waals surface area contributed by atoms with Gasteiger partial charge in [-0.25, -0.2) is 0 Å². The molecule has 3 aromatic rings. The van der Waals surface area contributed by atoms with Crippen LogP contribution in [0.15, 0.2) is 33.3 Å². The molecule has 7 nitrogen and oxygen atoms in total. The summed E-state index contributed by atoms with van der Waals surface area (Å²) >= 11 is 6.34. The van der Waals surface area contributed by atoms with E-state index in [0.29, 0.717) is 64.8 Å². The van der Waals surface area contributed by atoms with Crippen LogP contribution < -0.4 is 0 Å². The lowest BCUT2D eigenvalue weighted by atomic mass is 9.94. The minimum Gasteiger partial charge on any atom is -0.360 e. The van der Waals surface area contributed by atoms with Gasteiger partial charge in [0.25, 0.3) is 5.91 Å². The summed E-state index contributed by atoms with van der Waals surface area (Å²) < 4.78 is 10.8. The zero-order chi connectivity index (χ0) is 20.7. The van der Waals surface area contributed by atoms with Gasteiger partial charge in [-0.15, -0.1) is 0 Å². The largest absolute Gasteiger partial charge is 0.360 e. The molecule has 3 heterocycles. The maximum Gasteiger partial charge on any atom is 0.259 e. The van der Waals surface area contributed by atoms with Crippen molar-refractivity contribution in [2.45, 2.75) is 44.9 Å². The Kier molecular flexibility index (Phi) is 5.06. The van der Waals surface area contributed by atoms with Gasteiger partial charge in [-0.2, -0.15) is 4.98 Å². The summed E-state index contributed by atoms with van der Waals surface area (Å²) in [6, 6.07) is 7.35. The molecule has 5 rings (SSSR count). The first-order chi connectivity index (χ1) is 14.6. The first-order valence-corrected chi connectivity index (χ1v) is 10.8. The van der Waals surface area contributed by atoms with Gasteiger partial charge in [0.2, 0.25) is 5.89 Å². The van der Waals surface area contributed by atoms with Gasteiger partial charge in [-0.1, -0.05) is 40.1 Å². The number of likely N-dealkylation sites (tertiary alicyclic amines) is 1. The van der Waals surface area contributed by atoms with Crippen LogP contribution in [0.1, 0.15) is 59.4 Å². The van der Waals surface area contributed by atoms with Crippen LogP contribution in [0.2, 0.25) is 5.02 Å². The fraction of sp³-hybridized carbons (Fsp3) is 0.455. The number of rotatable bonds is 5. The topological polar surface area (TPSA) is 85.3 Å². The summed E-state index contributed by atoms with van der Waals surface area (Å²) in [5, 5.41) is 8.78. The van der Waals surface area contributed by atoms with Crippen molar-refractivity contribution in [2.24, 2.45) is 5.92 Å². The van der Waals surface area contributed by atoms with E-state index in [1.54, 1.807) is 13.0 Å². The van der Waals surface area contributed by atoms with Gasteiger partial charge in [0.05, 0.1) is 5.02 Å². The number of carbonyl (C=O) groups excluding carboxylic acids is 1. The Labute approximate surface area is 179 Å². The SMILES string of the molecule is Cc1onc(-c2ccccc2Cl)c1C(=O)N1CCC[C@H](Cc2nc(C3CC3)no2)C1. The first-order valence-electron chi connectivity index (χ1n) is 10.4. The number of nitrogens with zero attached hydrogens (tertiary/aromatic N) is 4. The Morgan fingerprint density at radius 2 is 2.03 bits per heavy atom. The second-order valence-electron chi connectivity index (χ2n) is 8.23. The van der Waals surface area contributed by atoms with Crippen LogP contribution in [-0.4, -0.2) is 39.2 Å². The predicted octanol–water partition coefficient (Wildman–Crippen LogP) is 4.66. The lowest BCUT2D eigenvalue weighted by Gasteiger charge is -2.32. The number of benzene rings is 1. The van der Waals surface area contributed by atoms with E-state index in [4.69, 9.17) is 20.6 Å². The fourth-order valence-corrected chi connectivity index (χ4v) is 4.37. The van der Waals surface area contributed by atoms with E-state index in [2.05, 4.69) is 15.3 Å². The van der Waals surface area contributed by atoms with Gasteiger partial charge < -0.3 is 13.9 Å². The molecule has 1 saturated carbocycles. The number of hydrogen-bond acceptors (Lipinski definition) is 6. The average Bonchev–Trinajstić information content (AvgIpc) is 3.39. The van der Waals surface area contributed by atoms with E-state index in [0.717, 1.165) is 31.5 Å². The van der Waals surface area contributed by atoms with Crippen LogP contribution in [0.25, 0.3) is 11.3 Å². The molecule has 0 radical (unpaired) electrons. The quantitative estimate of drug-likeness (QED) is 0.589. The van der Waals surface area contributed by atoms with Crippen LogP contribution in [0.4, 0.5) is 0 Å². The third kappa shape index (κ3) is 3.74. The molecule has 0 N–H and O–H groups in total. The Morgan fingerprint density at radius 1 is 1.20 bits per heavy atom. The molecule has 0 unspecified atom stereocenters. The minimum absolute atomic E-state index is 0.0717. The second kappa shape index (κ2) is 7.87. The van der Waals surface area contributed by atoms with Crippen LogP contribution in [0, 0.1) is 12.8 Å².